The minimum atomic E-state index is -0.0744. The van der Waals surface area contributed by atoms with E-state index in [4.69, 9.17) is 0 Å². The highest BCUT2D eigenvalue weighted by Gasteiger charge is 2.41. The van der Waals surface area contributed by atoms with Gasteiger partial charge in [-0.05, 0) is 31.2 Å². The van der Waals surface area contributed by atoms with E-state index < -0.39 is 0 Å². The van der Waals surface area contributed by atoms with E-state index in [0.717, 1.165) is 19.4 Å². The summed E-state index contributed by atoms with van der Waals surface area (Å²) in [5.74, 6) is -0.0154. The summed E-state index contributed by atoms with van der Waals surface area (Å²) in [5.41, 5.74) is 1.02. The van der Waals surface area contributed by atoms with Crippen molar-refractivity contribution in [1.82, 2.24) is 15.2 Å². The molecule has 0 radical (unpaired) electrons. The number of piperidine rings is 1. The number of carbonyl (C=O) groups is 3. The van der Waals surface area contributed by atoms with Crippen molar-refractivity contribution < 1.29 is 14.4 Å². The molecule has 1 aromatic heterocycles. The number of H-pyrrole nitrogens is 1. The number of nitrogens with zero attached hydrogens (tertiary/aromatic N) is 1. The number of hydrogen-bond donors (Lipinski definition) is 2. The number of ketones is 1. The minimum absolute atomic E-state index is 0.0359. The summed E-state index contributed by atoms with van der Waals surface area (Å²) in [6, 6.07) is 1.61. The Morgan fingerprint density at radius 2 is 2.00 bits per heavy atom. The lowest BCUT2D eigenvalue weighted by Gasteiger charge is -2.38. The second kappa shape index (κ2) is 5.02. The lowest BCUT2D eigenvalue weighted by atomic mass is 9.77. The molecule has 0 saturated carbocycles. The van der Waals surface area contributed by atoms with E-state index in [-0.39, 0.29) is 23.0 Å². The third-order valence-corrected chi connectivity index (χ3v) is 4.63. The van der Waals surface area contributed by atoms with E-state index in [1.165, 1.54) is 6.92 Å². The maximum atomic E-state index is 12.4. The Hall–Kier alpha value is -2.11. The summed E-state index contributed by atoms with van der Waals surface area (Å²) < 4.78 is 0. The molecule has 3 rings (SSSR count). The first-order chi connectivity index (χ1) is 9.99. The van der Waals surface area contributed by atoms with Crippen LogP contribution in [0.5, 0.6) is 0 Å². The average Bonchev–Trinajstić information content (AvgIpc) is 3.07. The van der Waals surface area contributed by atoms with E-state index in [9.17, 15) is 14.4 Å². The van der Waals surface area contributed by atoms with Crippen molar-refractivity contribution in [3.63, 3.8) is 0 Å². The molecule has 2 amide bonds. The molecule has 2 N–H and O–H groups in total. The Bertz CT molecular complexity index is 597. The van der Waals surface area contributed by atoms with Crippen LogP contribution in [0.1, 0.15) is 47.0 Å². The summed E-state index contributed by atoms with van der Waals surface area (Å²) in [6.45, 7) is 3.52. The van der Waals surface area contributed by atoms with Crippen molar-refractivity contribution >= 4 is 17.6 Å². The number of rotatable bonds is 2. The first kappa shape index (κ1) is 13.9. The smallest absolute Gasteiger partial charge is 0.270 e. The molecular formula is C15H19N3O3. The highest BCUT2D eigenvalue weighted by atomic mass is 16.2. The van der Waals surface area contributed by atoms with Crippen molar-refractivity contribution in [2.24, 2.45) is 5.41 Å². The van der Waals surface area contributed by atoms with Gasteiger partial charge in [0.05, 0.1) is 0 Å². The second-order valence-electron chi connectivity index (χ2n) is 6.10. The SMILES string of the molecule is CC(=O)c1c[nH]c(C(=O)N2CCC3(CC2)CNC(=O)C3)c1. The highest BCUT2D eigenvalue weighted by Crippen LogP contribution is 2.37. The molecule has 21 heavy (non-hydrogen) atoms. The molecule has 3 heterocycles. The van der Waals surface area contributed by atoms with Crippen molar-refractivity contribution in [3.8, 4) is 0 Å². The molecule has 6 heteroatoms. The number of aromatic nitrogens is 1. The first-order valence-electron chi connectivity index (χ1n) is 7.24. The molecule has 112 valence electrons. The Balaban J connectivity index is 1.64. The van der Waals surface area contributed by atoms with Crippen LogP contribution in [-0.4, -0.2) is 47.1 Å². The Morgan fingerprint density at radius 1 is 1.29 bits per heavy atom. The summed E-state index contributed by atoms with van der Waals surface area (Å²) in [6.07, 6.45) is 3.84. The van der Waals surface area contributed by atoms with Crippen LogP contribution in [0.3, 0.4) is 0 Å². The molecule has 2 fully saturated rings. The largest absolute Gasteiger partial charge is 0.356 e. The fourth-order valence-electron chi connectivity index (χ4n) is 3.18. The van der Waals surface area contributed by atoms with E-state index in [1.54, 1.807) is 17.2 Å². The third kappa shape index (κ3) is 2.57. The normalized spacial score (nSPS) is 20.6. The van der Waals surface area contributed by atoms with Gasteiger partial charge in [0.15, 0.2) is 5.78 Å². The quantitative estimate of drug-likeness (QED) is 0.796. The van der Waals surface area contributed by atoms with E-state index in [0.29, 0.717) is 30.8 Å². The van der Waals surface area contributed by atoms with Gasteiger partial charge >= 0.3 is 0 Å². The van der Waals surface area contributed by atoms with Gasteiger partial charge in [-0.3, -0.25) is 14.4 Å². The van der Waals surface area contributed by atoms with Crippen molar-refractivity contribution in [1.29, 1.82) is 0 Å². The summed E-state index contributed by atoms with van der Waals surface area (Å²) in [7, 11) is 0. The molecule has 0 aliphatic carbocycles. The molecule has 0 unspecified atom stereocenters. The van der Waals surface area contributed by atoms with Gasteiger partial charge in [0.2, 0.25) is 5.91 Å². The predicted molar refractivity (Wildman–Crippen MR) is 76.0 cm³/mol. The van der Waals surface area contributed by atoms with E-state index in [1.807, 2.05) is 0 Å². The summed E-state index contributed by atoms with van der Waals surface area (Å²) in [4.78, 5) is 39.7. The van der Waals surface area contributed by atoms with Gasteiger partial charge in [-0.1, -0.05) is 0 Å². The molecule has 2 saturated heterocycles. The number of amides is 2. The lowest BCUT2D eigenvalue weighted by molar-refractivity contribution is -0.119. The van der Waals surface area contributed by atoms with Crippen LogP contribution >= 0.6 is 0 Å². The zero-order valence-corrected chi connectivity index (χ0v) is 12.1. The van der Waals surface area contributed by atoms with Crippen molar-refractivity contribution in [3.05, 3.63) is 23.5 Å². The number of Topliss-reactive ketones (excluding diaryl/α,β-unsaturated/α-hetero) is 1. The molecule has 1 spiro atoms. The Kier molecular flexibility index (Phi) is 3.31. The van der Waals surface area contributed by atoms with Crippen LogP contribution < -0.4 is 5.32 Å². The van der Waals surface area contributed by atoms with Gasteiger partial charge in [0.25, 0.3) is 5.91 Å². The summed E-state index contributed by atoms with van der Waals surface area (Å²) in [5, 5.41) is 2.89. The molecular weight excluding hydrogens is 270 g/mol. The van der Waals surface area contributed by atoms with Crippen LogP contribution in [0.25, 0.3) is 0 Å². The highest BCUT2D eigenvalue weighted by molar-refractivity contribution is 5.99. The van der Waals surface area contributed by atoms with Gasteiger partial charge in [-0.25, -0.2) is 0 Å². The molecule has 0 aromatic carbocycles. The first-order valence-corrected chi connectivity index (χ1v) is 7.24. The Morgan fingerprint density at radius 3 is 2.52 bits per heavy atom. The van der Waals surface area contributed by atoms with Gasteiger partial charge < -0.3 is 15.2 Å². The van der Waals surface area contributed by atoms with Crippen LogP contribution in [0.4, 0.5) is 0 Å². The monoisotopic (exact) mass is 289 g/mol. The molecule has 2 aliphatic rings. The van der Waals surface area contributed by atoms with Crippen LogP contribution in [-0.2, 0) is 4.79 Å². The number of likely N-dealkylation sites (tertiary alicyclic amines) is 1. The van der Waals surface area contributed by atoms with Gasteiger partial charge in [-0.2, -0.15) is 0 Å². The zero-order chi connectivity index (χ0) is 15.0. The maximum absolute atomic E-state index is 12.4. The Labute approximate surface area is 122 Å². The molecule has 0 bridgehead atoms. The van der Waals surface area contributed by atoms with Gasteiger partial charge in [0.1, 0.15) is 5.69 Å². The summed E-state index contributed by atoms with van der Waals surface area (Å²) >= 11 is 0. The fourth-order valence-corrected chi connectivity index (χ4v) is 3.18. The molecule has 1 aromatic rings. The molecule has 0 atom stereocenters. The fraction of sp³-hybridized carbons (Fsp3) is 0.533. The molecule has 6 nitrogen and oxygen atoms in total. The predicted octanol–water partition coefficient (Wildman–Crippen LogP) is 0.960. The topological polar surface area (TPSA) is 82.3 Å². The number of nitrogens with one attached hydrogen (secondary N) is 2. The van der Waals surface area contributed by atoms with E-state index >= 15 is 0 Å². The van der Waals surface area contributed by atoms with Crippen molar-refractivity contribution in [2.75, 3.05) is 19.6 Å². The van der Waals surface area contributed by atoms with Crippen molar-refractivity contribution in [2.45, 2.75) is 26.2 Å². The second-order valence-corrected chi connectivity index (χ2v) is 6.10. The number of aromatic amines is 1. The van der Waals surface area contributed by atoms with Gasteiger partial charge in [-0.15, -0.1) is 0 Å². The van der Waals surface area contributed by atoms with Gasteiger partial charge in [0, 0.05) is 37.8 Å². The number of carbonyl (C=O) groups excluding carboxylic acids is 3. The minimum Gasteiger partial charge on any atom is -0.356 e. The lowest BCUT2D eigenvalue weighted by Crippen LogP contribution is -2.44. The zero-order valence-electron chi connectivity index (χ0n) is 12.1. The average molecular weight is 289 g/mol. The third-order valence-electron chi connectivity index (χ3n) is 4.63. The number of hydrogen-bond acceptors (Lipinski definition) is 3. The van der Waals surface area contributed by atoms with Crippen LogP contribution in [0.15, 0.2) is 12.3 Å². The van der Waals surface area contributed by atoms with E-state index in [2.05, 4.69) is 10.3 Å². The maximum Gasteiger partial charge on any atom is 0.270 e. The standard InChI is InChI=1S/C15H19N3O3/c1-10(19)11-6-12(16-8-11)14(21)18-4-2-15(3-5-18)7-13(20)17-9-15/h6,8,16H,2-5,7,9H2,1H3,(H,17,20). The van der Waals surface area contributed by atoms with Crippen LogP contribution in [0.2, 0.25) is 0 Å². The van der Waals surface area contributed by atoms with Crippen LogP contribution in [0, 0.1) is 5.41 Å². The molecule has 2 aliphatic heterocycles.